The van der Waals surface area contributed by atoms with Crippen molar-refractivity contribution in [3.8, 4) is 0 Å². The molecule has 96 valence electrons. The van der Waals surface area contributed by atoms with Gasteiger partial charge in [0.05, 0.1) is 10.8 Å². The van der Waals surface area contributed by atoms with E-state index in [1.807, 2.05) is 18.2 Å². The van der Waals surface area contributed by atoms with E-state index in [4.69, 9.17) is 5.11 Å². The Hall–Kier alpha value is -1.56. The van der Waals surface area contributed by atoms with Crippen LogP contribution in [0, 0.1) is 0 Å². The van der Waals surface area contributed by atoms with Gasteiger partial charge in [0, 0.05) is 12.7 Å². The zero-order valence-electron chi connectivity index (χ0n) is 9.78. The number of carboxylic acid groups (broad SMARTS) is 1. The van der Waals surface area contributed by atoms with Gasteiger partial charge in [-0.25, -0.2) is 9.78 Å². The second kappa shape index (κ2) is 5.86. The fourth-order valence-corrected chi connectivity index (χ4v) is 2.72. The molecule has 18 heavy (non-hydrogen) atoms. The van der Waals surface area contributed by atoms with Gasteiger partial charge in [0.15, 0.2) is 0 Å². The van der Waals surface area contributed by atoms with Crippen molar-refractivity contribution in [3.63, 3.8) is 0 Å². The molecule has 2 rings (SSSR count). The van der Waals surface area contributed by atoms with Gasteiger partial charge in [-0.15, -0.1) is 0 Å². The molecule has 1 aliphatic rings. The van der Waals surface area contributed by atoms with Gasteiger partial charge in [-0.2, -0.15) is 0 Å². The van der Waals surface area contributed by atoms with Crippen molar-refractivity contribution in [2.24, 2.45) is 0 Å². The molecule has 0 radical (unpaired) electrons. The Balaban J connectivity index is 1.90. The molecule has 0 saturated carbocycles. The van der Waals surface area contributed by atoms with Crippen LogP contribution in [-0.4, -0.2) is 45.2 Å². The minimum atomic E-state index is -0.913. The number of carbonyl (C=O) groups is 2. The van der Waals surface area contributed by atoms with Gasteiger partial charge >= 0.3 is 5.97 Å². The standard InChI is InChI=1S/C12H14N2O3S/c15-11(8-18-10-5-1-2-6-13-10)14-7-3-4-9(14)12(16)17/h1-2,5-6,9H,3-4,7-8H2,(H,16,17)/t9-/m0/s1. The second-order valence-corrected chi connectivity index (χ2v) is 5.04. The van der Waals surface area contributed by atoms with Gasteiger partial charge < -0.3 is 10.0 Å². The van der Waals surface area contributed by atoms with Crippen LogP contribution in [0.3, 0.4) is 0 Å². The summed E-state index contributed by atoms with van der Waals surface area (Å²) < 4.78 is 0. The lowest BCUT2D eigenvalue weighted by molar-refractivity contribution is -0.147. The Bertz CT molecular complexity index is 438. The molecule has 1 aromatic heterocycles. The highest BCUT2D eigenvalue weighted by Gasteiger charge is 2.33. The molecular weight excluding hydrogens is 252 g/mol. The number of hydrogen-bond donors (Lipinski definition) is 1. The van der Waals surface area contributed by atoms with E-state index >= 15 is 0 Å². The number of hydrogen-bond acceptors (Lipinski definition) is 4. The number of amides is 1. The summed E-state index contributed by atoms with van der Waals surface area (Å²) in [7, 11) is 0. The number of aliphatic carboxylic acids is 1. The van der Waals surface area contributed by atoms with Crippen molar-refractivity contribution in [1.82, 2.24) is 9.88 Å². The Morgan fingerprint density at radius 2 is 2.33 bits per heavy atom. The number of rotatable bonds is 4. The zero-order chi connectivity index (χ0) is 13.0. The maximum absolute atomic E-state index is 11.9. The summed E-state index contributed by atoms with van der Waals surface area (Å²) in [5.74, 6) is -0.805. The molecule has 6 heteroatoms. The van der Waals surface area contributed by atoms with Gasteiger partial charge in [0.1, 0.15) is 6.04 Å². The summed E-state index contributed by atoms with van der Waals surface area (Å²) >= 11 is 1.33. The summed E-state index contributed by atoms with van der Waals surface area (Å²) in [5, 5.41) is 9.78. The minimum absolute atomic E-state index is 0.129. The van der Waals surface area contributed by atoms with E-state index in [2.05, 4.69) is 4.98 Å². The van der Waals surface area contributed by atoms with Gasteiger partial charge in [-0.3, -0.25) is 4.79 Å². The Kier molecular flexibility index (Phi) is 4.19. The van der Waals surface area contributed by atoms with Crippen LogP contribution < -0.4 is 0 Å². The lowest BCUT2D eigenvalue weighted by atomic mass is 10.2. The quantitative estimate of drug-likeness (QED) is 0.830. The Morgan fingerprint density at radius 3 is 3.00 bits per heavy atom. The van der Waals surface area contributed by atoms with Crippen LogP contribution in [0.15, 0.2) is 29.4 Å². The fourth-order valence-electron chi connectivity index (χ4n) is 1.97. The molecule has 0 aliphatic carbocycles. The van der Waals surface area contributed by atoms with Crippen LogP contribution in [0.25, 0.3) is 0 Å². The third kappa shape index (κ3) is 3.01. The molecule has 1 aliphatic heterocycles. The smallest absolute Gasteiger partial charge is 0.326 e. The predicted molar refractivity (Wildman–Crippen MR) is 67.3 cm³/mol. The van der Waals surface area contributed by atoms with Crippen LogP contribution in [-0.2, 0) is 9.59 Å². The van der Waals surface area contributed by atoms with E-state index in [-0.39, 0.29) is 11.7 Å². The summed E-state index contributed by atoms with van der Waals surface area (Å²) in [4.78, 5) is 28.5. The van der Waals surface area contributed by atoms with Crippen LogP contribution in [0.5, 0.6) is 0 Å². The van der Waals surface area contributed by atoms with Crippen LogP contribution in [0.4, 0.5) is 0 Å². The van der Waals surface area contributed by atoms with Crippen molar-refractivity contribution in [2.45, 2.75) is 23.9 Å². The average molecular weight is 266 g/mol. The molecule has 5 nitrogen and oxygen atoms in total. The predicted octanol–water partition coefficient (Wildman–Crippen LogP) is 1.25. The largest absolute Gasteiger partial charge is 0.480 e. The van der Waals surface area contributed by atoms with Crippen LogP contribution in [0.2, 0.25) is 0 Å². The molecule has 1 fully saturated rings. The topological polar surface area (TPSA) is 70.5 Å². The number of carbonyl (C=O) groups excluding carboxylic acids is 1. The van der Waals surface area contributed by atoms with Crippen molar-refractivity contribution in [1.29, 1.82) is 0 Å². The highest BCUT2D eigenvalue weighted by molar-refractivity contribution is 7.99. The van der Waals surface area contributed by atoms with E-state index in [1.54, 1.807) is 6.20 Å². The van der Waals surface area contributed by atoms with Crippen molar-refractivity contribution < 1.29 is 14.7 Å². The van der Waals surface area contributed by atoms with Crippen LogP contribution in [0.1, 0.15) is 12.8 Å². The van der Waals surface area contributed by atoms with Gasteiger partial charge in [-0.05, 0) is 25.0 Å². The summed E-state index contributed by atoms with van der Waals surface area (Å²) in [6, 6.07) is 4.85. The summed E-state index contributed by atoms with van der Waals surface area (Å²) in [6.45, 7) is 0.540. The maximum atomic E-state index is 11.9. The number of likely N-dealkylation sites (tertiary alicyclic amines) is 1. The highest BCUT2D eigenvalue weighted by atomic mass is 32.2. The van der Waals surface area contributed by atoms with Crippen molar-refractivity contribution in [2.75, 3.05) is 12.3 Å². The minimum Gasteiger partial charge on any atom is -0.480 e. The van der Waals surface area contributed by atoms with Crippen molar-refractivity contribution >= 4 is 23.6 Å². The molecule has 1 atom stereocenters. The number of carboxylic acids is 1. The van der Waals surface area contributed by atoms with E-state index < -0.39 is 12.0 Å². The molecular formula is C12H14N2O3S. The van der Waals surface area contributed by atoms with E-state index in [0.29, 0.717) is 13.0 Å². The van der Waals surface area contributed by atoms with Crippen molar-refractivity contribution in [3.05, 3.63) is 24.4 Å². The number of pyridine rings is 1. The Morgan fingerprint density at radius 1 is 1.50 bits per heavy atom. The van der Waals surface area contributed by atoms with E-state index in [9.17, 15) is 9.59 Å². The van der Waals surface area contributed by atoms with E-state index in [1.165, 1.54) is 16.7 Å². The first-order valence-electron chi connectivity index (χ1n) is 5.74. The molecule has 1 saturated heterocycles. The summed E-state index contributed by atoms with van der Waals surface area (Å²) in [6.07, 6.45) is 2.98. The molecule has 0 bridgehead atoms. The maximum Gasteiger partial charge on any atom is 0.326 e. The molecule has 1 aromatic rings. The SMILES string of the molecule is O=C(O)[C@@H]1CCCN1C(=O)CSc1ccccn1. The first-order valence-corrected chi connectivity index (χ1v) is 6.73. The molecule has 0 aromatic carbocycles. The zero-order valence-corrected chi connectivity index (χ0v) is 10.6. The number of aromatic nitrogens is 1. The molecule has 2 heterocycles. The summed E-state index contributed by atoms with van der Waals surface area (Å²) in [5.41, 5.74) is 0. The monoisotopic (exact) mass is 266 g/mol. The van der Waals surface area contributed by atoms with Gasteiger partial charge in [0.2, 0.25) is 5.91 Å². The first kappa shape index (κ1) is 12.9. The molecule has 1 amide bonds. The van der Waals surface area contributed by atoms with E-state index in [0.717, 1.165) is 11.4 Å². The first-order chi connectivity index (χ1) is 8.68. The lowest BCUT2D eigenvalue weighted by Crippen LogP contribution is -2.41. The molecule has 0 unspecified atom stereocenters. The Labute approximate surface area is 109 Å². The molecule has 1 N–H and O–H groups in total. The molecule has 0 spiro atoms. The lowest BCUT2D eigenvalue weighted by Gasteiger charge is -2.20. The normalized spacial score (nSPS) is 18.9. The third-order valence-corrected chi connectivity index (χ3v) is 3.77. The third-order valence-electron chi connectivity index (χ3n) is 2.84. The van der Waals surface area contributed by atoms with Gasteiger partial charge in [-0.1, -0.05) is 17.8 Å². The number of nitrogens with zero attached hydrogens (tertiary/aromatic N) is 2. The second-order valence-electron chi connectivity index (χ2n) is 4.04. The average Bonchev–Trinajstić information content (AvgIpc) is 2.86. The fraction of sp³-hybridized carbons (Fsp3) is 0.417. The van der Waals surface area contributed by atoms with Gasteiger partial charge in [0.25, 0.3) is 0 Å². The number of thioether (sulfide) groups is 1. The van der Waals surface area contributed by atoms with Crippen LogP contribution >= 0.6 is 11.8 Å². The highest BCUT2D eigenvalue weighted by Crippen LogP contribution is 2.21.